The predicted octanol–water partition coefficient (Wildman–Crippen LogP) is 3.24. The lowest BCUT2D eigenvalue weighted by molar-refractivity contribution is 1.07. The zero-order valence-corrected chi connectivity index (χ0v) is 8.85. The molecule has 0 aromatic heterocycles. The van der Waals surface area contributed by atoms with Gasteiger partial charge in [-0.2, -0.15) is 0 Å². The van der Waals surface area contributed by atoms with E-state index < -0.39 is 0 Å². The minimum atomic E-state index is 0.998. The third-order valence-corrected chi connectivity index (χ3v) is 2.33. The van der Waals surface area contributed by atoms with E-state index in [1.165, 1.54) is 16.8 Å². The SMILES string of the molecule is CCNc1ccc(CC)cc1CC. The van der Waals surface area contributed by atoms with E-state index >= 15 is 0 Å². The van der Waals surface area contributed by atoms with Crippen LogP contribution >= 0.6 is 0 Å². The summed E-state index contributed by atoms with van der Waals surface area (Å²) in [5.74, 6) is 0. The fourth-order valence-corrected chi connectivity index (χ4v) is 1.52. The van der Waals surface area contributed by atoms with E-state index in [-0.39, 0.29) is 0 Å². The zero-order valence-electron chi connectivity index (χ0n) is 8.85. The molecule has 0 atom stereocenters. The fourth-order valence-electron chi connectivity index (χ4n) is 1.52. The van der Waals surface area contributed by atoms with Crippen molar-refractivity contribution in [2.75, 3.05) is 11.9 Å². The van der Waals surface area contributed by atoms with Crippen molar-refractivity contribution < 1.29 is 0 Å². The number of benzene rings is 1. The first kappa shape index (κ1) is 10.1. The number of aryl methyl sites for hydroxylation is 2. The van der Waals surface area contributed by atoms with Gasteiger partial charge in [0.2, 0.25) is 0 Å². The summed E-state index contributed by atoms with van der Waals surface area (Å²) in [6.07, 6.45) is 2.23. The van der Waals surface area contributed by atoms with Crippen LogP contribution in [0.3, 0.4) is 0 Å². The minimum Gasteiger partial charge on any atom is -0.385 e. The molecule has 0 saturated carbocycles. The van der Waals surface area contributed by atoms with Crippen LogP contribution < -0.4 is 5.32 Å². The third-order valence-electron chi connectivity index (χ3n) is 2.33. The monoisotopic (exact) mass is 177 g/mol. The Morgan fingerprint density at radius 1 is 1.08 bits per heavy atom. The van der Waals surface area contributed by atoms with E-state index in [2.05, 4.69) is 44.3 Å². The van der Waals surface area contributed by atoms with Gasteiger partial charge in [0.25, 0.3) is 0 Å². The molecule has 13 heavy (non-hydrogen) atoms. The predicted molar refractivity (Wildman–Crippen MR) is 59.4 cm³/mol. The van der Waals surface area contributed by atoms with Crippen LogP contribution in [0.25, 0.3) is 0 Å². The standard InChI is InChI=1S/C12H19N/c1-4-10-7-8-12(13-6-3)11(5-2)9-10/h7-9,13H,4-6H2,1-3H3. The van der Waals surface area contributed by atoms with Crippen LogP contribution in [0, 0.1) is 0 Å². The Hall–Kier alpha value is -0.980. The average Bonchev–Trinajstić information content (AvgIpc) is 2.19. The number of anilines is 1. The molecule has 1 rings (SSSR count). The molecule has 0 saturated heterocycles. The lowest BCUT2D eigenvalue weighted by Gasteiger charge is -2.10. The maximum absolute atomic E-state index is 3.38. The summed E-state index contributed by atoms with van der Waals surface area (Å²) in [7, 11) is 0. The first-order chi connectivity index (χ1) is 6.31. The molecular weight excluding hydrogens is 158 g/mol. The highest BCUT2D eigenvalue weighted by molar-refractivity contribution is 5.52. The van der Waals surface area contributed by atoms with E-state index in [1.807, 2.05) is 0 Å². The van der Waals surface area contributed by atoms with Crippen molar-refractivity contribution in [2.24, 2.45) is 0 Å². The highest BCUT2D eigenvalue weighted by Gasteiger charge is 1.99. The molecule has 0 radical (unpaired) electrons. The molecule has 72 valence electrons. The Bertz CT molecular complexity index is 266. The average molecular weight is 177 g/mol. The minimum absolute atomic E-state index is 0.998. The largest absolute Gasteiger partial charge is 0.385 e. The van der Waals surface area contributed by atoms with Crippen molar-refractivity contribution in [3.05, 3.63) is 29.3 Å². The van der Waals surface area contributed by atoms with Gasteiger partial charge in [-0.25, -0.2) is 0 Å². The summed E-state index contributed by atoms with van der Waals surface area (Å²) in [5.41, 5.74) is 4.15. The number of hydrogen-bond donors (Lipinski definition) is 1. The van der Waals surface area contributed by atoms with Gasteiger partial charge in [-0.1, -0.05) is 26.0 Å². The summed E-state index contributed by atoms with van der Waals surface area (Å²) >= 11 is 0. The van der Waals surface area contributed by atoms with Crippen molar-refractivity contribution in [1.29, 1.82) is 0 Å². The highest BCUT2D eigenvalue weighted by Crippen LogP contribution is 2.18. The Balaban J connectivity index is 2.93. The molecule has 0 heterocycles. The summed E-state index contributed by atoms with van der Waals surface area (Å²) in [4.78, 5) is 0. The van der Waals surface area contributed by atoms with Gasteiger partial charge in [0, 0.05) is 12.2 Å². The third kappa shape index (κ3) is 2.48. The molecule has 0 spiro atoms. The molecule has 1 aromatic carbocycles. The lowest BCUT2D eigenvalue weighted by Crippen LogP contribution is -2.00. The van der Waals surface area contributed by atoms with Crippen molar-refractivity contribution in [2.45, 2.75) is 33.6 Å². The van der Waals surface area contributed by atoms with Crippen LogP contribution in [0.4, 0.5) is 5.69 Å². The van der Waals surface area contributed by atoms with Gasteiger partial charge in [-0.05, 0) is 37.0 Å². The molecular formula is C12H19N. The lowest BCUT2D eigenvalue weighted by atomic mass is 10.0. The van der Waals surface area contributed by atoms with Crippen molar-refractivity contribution in [1.82, 2.24) is 0 Å². The van der Waals surface area contributed by atoms with Crippen molar-refractivity contribution in [3.8, 4) is 0 Å². The van der Waals surface area contributed by atoms with Gasteiger partial charge in [0.15, 0.2) is 0 Å². The second-order valence-corrected chi connectivity index (χ2v) is 3.23. The second kappa shape index (κ2) is 4.90. The first-order valence-corrected chi connectivity index (χ1v) is 5.17. The molecule has 0 unspecified atom stereocenters. The zero-order chi connectivity index (χ0) is 9.68. The quantitative estimate of drug-likeness (QED) is 0.744. The second-order valence-electron chi connectivity index (χ2n) is 3.23. The number of rotatable bonds is 4. The summed E-state index contributed by atoms with van der Waals surface area (Å²) in [5, 5.41) is 3.38. The molecule has 0 amide bonds. The van der Waals surface area contributed by atoms with Crippen LogP contribution in [-0.4, -0.2) is 6.54 Å². The fraction of sp³-hybridized carbons (Fsp3) is 0.500. The van der Waals surface area contributed by atoms with Gasteiger partial charge < -0.3 is 5.32 Å². The van der Waals surface area contributed by atoms with Gasteiger partial charge in [0.05, 0.1) is 0 Å². The smallest absolute Gasteiger partial charge is 0.0372 e. The molecule has 0 aliphatic carbocycles. The van der Waals surface area contributed by atoms with Crippen LogP contribution in [0.5, 0.6) is 0 Å². The molecule has 1 aromatic rings. The first-order valence-electron chi connectivity index (χ1n) is 5.17. The topological polar surface area (TPSA) is 12.0 Å². The summed E-state index contributed by atoms with van der Waals surface area (Å²) < 4.78 is 0. The molecule has 1 nitrogen and oxygen atoms in total. The maximum Gasteiger partial charge on any atom is 0.0372 e. The van der Waals surface area contributed by atoms with Crippen LogP contribution in [0.15, 0.2) is 18.2 Å². The summed E-state index contributed by atoms with van der Waals surface area (Å²) in [6.45, 7) is 7.53. The van der Waals surface area contributed by atoms with E-state index in [9.17, 15) is 0 Å². The Morgan fingerprint density at radius 2 is 1.85 bits per heavy atom. The molecule has 1 N–H and O–H groups in total. The van der Waals surface area contributed by atoms with Gasteiger partial charge in [0.1, 0.15) is 0 Å². The van der Waals surface area contributed by atoms with E-state index in [0.717, 1.165) is 19.4 Å². The van der Waals surface area contributed by atoms with E-state index in [1.54, 1.807) is 0 Å². The van der Waals surface area contributed by atoms with Crippen LogP contribution in [-0.2, 0) is 12.8 Å². The number of nitrogens with one attached hydrogen (secondary N) is 1. The van der Waals surface area contributed by atoms with Crippen LogP contribution in [0.2, 0.25) is 0 Å². The normalized spacial score (nSPS) is 10.1. The Labute approximate surface area is 81.2 Å². The maximum atomic E-state index is 3.38. The van der Waals surface area contributed by atoms with Crippen molar-refractivity contribution >= 4 is 5.69 Å². The summed E-state index contributed by atoms with van der Waals surface area (Å²) in [6, 6.07) is 6.70. The molecule has 0 aliphatic heterocycles. The van der Waals surface area contributed by atoms with Gasteiger partial charge in [-0.3, -0.25) is 0 Å². The molecule has 0 bridgehead atoms. The van der Waals surface area contributed by atoms with Gasteiger partial charge >= 0.3 is 0 Å². The molecule has 0 fully saturated rings. The Morgan fingerprint density at radius 3 is 2.38 bits per heavy atom. The van der Waals surface area contributed by atoms with E-state index in [0.29, 0.717) is 0 Å². The van der Waals surface area contributed by atoms with Crippen LogP contribution in [0.1, 0.15) is 31.9 Å². The highest BCUT2D eigenvalue weighted by atomic mass is 14.9. The number of hydrogen-bond acceptors (Lipinski definition) is 1. The van der Waals surface area contributed by atoms with E-state index in [4.69, 9.17) is 0 Å². The molecule has 1 heteroatoms. The van der Waals surface area contributed by atoms with Gasteiger partial charge in [-0.15, -0.1) is 0 Å². The van der Waals surface area contributed by atoms with Crippen molar-refractivity contribution in [3.63, 3.8) is 0 Å². The Kier molecular flexibility index (Phi) is 3.81. The molecule has 0 aliphatic rings.